The Bertz CT molecular complexity index is 843. The number of aliphatic hydroxyl groups excluding tert-OH is 1. The highest BCUT2D eigenvalue weighted by Crippen LogP contribution is 2.67. The third-order valence-corrected chi connectivity index (χ3v) is 4.33. The molecule has 0 spiro atoms. The zero-order valence-corrected chi connectivity index (χ0v) is 16.7. The lowest BCUT2D eigenvalue weighted by Crippen LogP contribution is -2.80. The van der Waals surface area contributed by atoms with Crippen LogP contribution in [0.2, 0.25) is 0 Å². The quantitative estimate of drug-likeness (QED) is 0.178. The number of halogens is 19. The molecule has 0 aliphatic heterocycles. The largest absolute Gasteiger partial charge is 0.460 e. The van der Waals surface area contributed by atoms with Gasteiger partial charge < -0.3 is 9.84 Å². The molecule has 2 atom stereocenters. The Hall–Kier alpha value is -2.16. The molecule has 0 aromatic heterocycles. The first-order chi connectivity index (χ1) is 15.8. The lowest BCUT2D eigenvalue weighted by molar-refractivity contribution is -0.476. The zero-order chi connectivity index (χ0) is 30.5. The lowest BCUT2D eigenvalue weighted by Gasteiger charge is -2.46. The molecule has 0 radical (unpaired) electrons. The Morgan fingerprint density at radius 2 is 1.03 bits per heavy atom. The van der Waals surface area contributed by atoms with Gasteiger partial charge in [-0.15, -0.1) is 0 Å². The molecule has 0 aliphatic carbocycles. The molecule has 0 amide bonds. The minimum Gasteiger partial charge on any atom is -0.460 e. The van der Waals surface area contributed by atoms with Gasteiger partial charge >= 0.3 is 59.5 Å². The number of carbonyl (C=O) groups excluding carboxylic acids is 1. The van der Waals surface area contributed by atoms with E-state index in [0.29, 0.717) is 0 Å². The molecule has 3 nitrogen and oxygen atoms in total. The highest BCUT2D eigenvalue weighted by molar-refractivity contribution is 5.81. The third kappa shape index (κ3) is 5.12. The molecule has 0 aromatic rings. The Balaban J connectivity index is 6.96. The maximum Gasteiger partial charge on any atom is 0.460 e. The van der Waals surface area contributed by atoms with Crippen LogP contribution in [0.15, 0.2) is 12.7 Å². The van der Waals surface area contributed by atoms with Crippen molar-refractivity contribution in [2.24, 2.45) is 0 Å². The van der Waals surface area contributed by atoms with E-state index in [1.54, 1.807) is 0 Å². The number of ether oxygens (including phenoxy) is 1. The molecule has 0 saturated heterocycles. The van der Waals surface area contributed by atoms with Crippen LogP contribution < -0.4 is 0 Å². The van der Waals surface area contributed by atoms with Gasteiger partial charge in [0.1, 0.15) is 6.61 Å². The summed E-state index contributed by atoms with van der Waals surface area (Å²) >= 11 is 0. The van der Waals surface area contributed by atoms with Gasteiger partial charge in [0, 0.05) is 12.5 Å². The van der Waals surface area contributed by atoms with Gasteiger partial charge in [-0.1, -0.05) is 6.58 Å². The van der Waals surface area contributed by atoms with Gasteiger partial charge in [-0.3, -0.25) is 0 Å². The van der Waals surface area contributed by atoms with E-state index in [-0.39, 0.29) is 6.08 Å². The van der Waals surface area contributed by atoms with Crippen LogP contribution in [-0.4, -0.2) is 77.3 Å². The van der Waals surface area contributed by atoms with Gasteiger partial charge in [0.05, 0.1) is 6.10 Å². The number of aliphatic hydroxyl groups is 1. The van der Waals surface area contributed by atoms with Crippen LogP contribution in [0.1, 0.15) is 6.42 Å². The molecule has 0 heterocycles. The summed E-state index contributed by atoms with van der Waals surface area (Å²) in [6.07, 6.45) is -23.1. The Morgan fingerprint density at radius 3 is 1.35 bits per heavy atom. The number of hydrogen-bond donors (Lipinski definition) is 1. The molecule has 0 saturated carbocycles. The molecular formula is C15H9F19O3. The second kappa shape index (κ2) is 9.54. The Morgan fingerprint density at radius 1 is 0.649 bits per heavy atom. The maximum absolute atomic E-state index is 14.0. The topological polar surface area (TPSA) is 46.5 Å². The Kier molecular flexibility index (Phi) is 8.99. The monoisotopic (exact) mass is 598 g/mol. The van der Waals surface area contributed by atoms with Crippen molar-refractivity contribution in [3.8, 4) is 0 Å². The average Bonchev–Trinajstić information content (AvgIpc) is 2.68. The SMILES string of the molecule is C=CC(=O)OCC(O)CC(F)(F)C(F)(F)C(F)(F)C(F)(F)C(F)(C(F)(F)F)C(F)(F)C(F)(F)C(F)(F)F. The molecular weight excluding hydrogens is 589 g/mol. The second-order valence-electron chi connectivity index (χ2n) is 6.92. The first kappa shape index (κ1) is 34.8. The van der Waals surface area contributed by atoms with Crippen molar-refractivity contribution in [1.29, 1.82) is 0 Å². The summed E-state index contributed by atoms with van der Waals surface area (Å²) in [4.78, 5) is 10.7. The molecule has 1 N–H and O–H groups in total. The van der Waals surface area contributed by atoms with Crippen molar-refractivity contribution in [3.63, 3.8) is 0 Å². The van der Waals surface area contributed by atoms with E-state index in [0.717, 1.165) is 0 Å². The van der Waals surface area contributed by atoms with E-state index in [9.17, 15) is 88.2 Å². The first-order valence-corrected chi connectivity index (χ1v) is 8.41. The van der Waals surface area contributed by atoms with Crippen LogP contribution in [0.5, 0.6) is 0 Å². The van der Waals surface area contributed by atoms with E-state index < -0.39 is 78.7 Å². The molecule has 220 valence electrons. The first-order valence-electron chi connectivity index (χ1n) is 8.41. The lowest BCUT2D eigenvalue weighted by atomic mass is 9.79. The molecule has 37 heavy (non-hydrogen) atoms. The van der Waals surface area contributed by atoms with E-state index >= 15 is 0 Å². The standard InChI is InChI=1S/C15H9F19O3/c1-2-6(36)37-4-5(35)3-7(16,17)9(19,20)12(25,26)10(21,22)8(18,14(29,30)31)11(23,24)13(27,28)15(32,33)34/h2,5,35H,1,3-4H2. The van der Waals surface area contributed by atoms with E-state index in [4.69, 9.17) is 5.11 Å². The fourth-order valence-corrected chi connectivity index (χ4v) is 2.31. The molecule has 0 aliphatic rings. The van der Waals surface area contributed by atoms with Gasteiger partial charge in [-0.05, 0) is 0 Å². The van der Waals surface area contributed by atoms with Gasteiger partial charge in [-0.2, -0.15) is 79.0 Å². The van der Waals surface area contributed by atoms with Gasteiger partial charge in [0.2, 0.25) is 0 Å². The van der Waals surface area contributed by atoms with Gasteiger partial charge in [0.15, 0.2) is 0 Å². The van der Waals surface area contributed by atoms with Crippen LogP contribution in [0, 0.1) is 0 Å². The predicted molar refractivity (Wildman–Crippen MR) is 77.4 cm³/mol. The molecule has 0 rings (SSSR count). The van der Waals surface area contributed by atoms with Crippen LogP contribution in [0.25, 0.3) is 0 Å². The van der Waals surface area contributed by atoms with Crippen molar-refractivity contribution in [2.75, 3.05) is 6.61 Å². The Labute approximate surface area is 190 Å². The van der Waals surface area contributed by atoms with Crippen LogP contribution in [0.4, 0.5) is 83.4 Å². The number of hydrogen-bond acceptors (Lipinski definition) is 3. The minimum absolute atomic E-state index is 0.225. The number of carbonyl (C=O) groups is 1. The molecule has 22 heteroatoms. The number of rotatable bonds is 11. The summed E-state index contributed by atoms with van der Waals surface area (Å²) in [6, 6.07) is 0. The average molecular weight is 598 g/mol. The predicted octanol–water partition coefficient (Wildman–Crippen LogP) is 6.11. The van der Waals surface area contributed by atoms with Crippen molar-refractivity contribution in [3.05, 3.63) is 12.7 Å². The highest BCUT2D eigenvalue weighted by Gasteiger charge is 2.99. The summed E-state index contributed by atoms with van der Waals surface area (Å²) in [5, 5.41) is 9.02. The third-order valence-electron chi connectivity index (χ3n) is 4.33. The fraction of sp³-hybridized carbons (Fsp3) is 0.800. The van der Waals surface area contributed by atoms with E-state index in [1.165, 1.54) is 0 Å². The van der Waals surface area contributed by atoms with Gasteiger partial charge in [0.25, 0.3) is 0 Å². The van der Waals surface area contributed by atoms with Crippen LogP contribution in [-0.2, 0) is 9.53 Å². The molecule has 2 unspecified atom stereocenters. The van der Waals surface area contributed by atoms with Gasteiger partial charge in [-0.25, -0.2) is 9.18 Å². The summed E-state index contributed by atoms with van der Waals surface area (Å²) in [5.41, 5.74) is -9.28. The number of alkyl halides is 19. The summed E-state index contributed by atoms with van der Waals surface area (Å²) in [5.74, 6) is -52.6. The summed E-state index contributed by atoms with van der Waals surface area (Å²) < 4.78 is 255. The molecule has 0 bridgehead atoms. The van der Waals surface area contributed by atoms with Crippen molar-refractivity contribution in [2.45, 2.75) is 66.1 Å². The summed E-state index contributed by atoms with van der Waals surface area (Å²) in [6.45, 7) is 0.830. The van der Waals surface area contributed by atoms with Crippen LogP contribution in [0.3, 0.4) is 0 Å². The summed E-state index contributed by atoms with van der Waals surface area (Å²) in [7, 11) is 0. The van der Waals surface area contributed by atoms with Crippen molar-refractivity contribution >= 4 is 5.97 Å². The molecule has 0 fully saturated rings. The molecule has 0 aromatic carbocycles. The van der Waals surface area contributed by atoms with Crippen molar-refractivity contribution < 1.29 is 98.1 Å². The second-order valence-corrected chi connectivity index (χ2v) is 6.92. The fourth-order valence-electron chi connectivity index (χ4n) is 2.31. The van der Waals surface area contributed by atoms with E-state index in [2.05, 4.69) is 11.3 Å². The normalized spacial score (nSPS) is 17.7. The van der Waals surface area contributed by atoms with E-state index in [1.807, 2.05) is 0 Å². The smallest absolute Gasteiger partial charge is 0.460 e. The highest BCUT2D eigenvalue weighted by atomic mass is 19.4. The van der Waals surface area contributed by atoms with Crippen molar-refractivity contribution in [1.82, 2.24) is 0 Å². The maximum atomic E-state index is 14.0. The zero-order valence-electron chi connectivity index (χ0n) is 16.7. The minimum atomic E-state index is -9.28. The number of esters is 1. The van der Waals surface area contributed by atoms with Crippen LogP contribution >= 0.6 is 0 Å².